The van der Waals surface area contributed by atoms with E-state index < -0.39 is 30.3 Å². The summed E-state index contributed by atoms with van der Waals surface area (Å²) in [5.74, 6) is -1.53. The van der Waals surface area contributed by atoms with Gasteiger partial charge < -0.3 is 10.0 Å². The molecule has 6 heteroatoms. The lowest BCUT2D eigenvalue weighted by atomic mass is 9.66. The molecule has 1 N–H and O–H groups in total. The molecule has 0 saturated heterocycles. The second kappa shape index (κ2) is 6.85. The van der Waals surface area contributed by atoms with Crippen LogP contribution >= 0.6 is 0 Å². The Bertz CT molecular complexity index is 529. The molecule has 22 heavy (non-hydrogen) atoms. The number of halogens is 2. The largest absolute Gasteiger partial charge is 0.481 e. The Balaban J connectivity index is 2.07. The summed E-state index contributed by atoms with van der Waals surface area (Å²) in [7, 11) is 0. The van der Waals surface area contributed by atoms with E-state index in [4.69, 9.17) is 0 Å². The van der Waals surface area contributed by atoms with E-state index in [0.29, 0.717) is 12.8 Å². The number of carbonyl (C=O) groups is 2. The molecule has 0 atom stereocenters. The molecule has 0 radical (unpaired) electrons. The minimum absolute atomic E-state index is 0.0692. The van der Waals surface area contributed by atoms with Crippen molar-refractivity contribution in [2.75, 3.05) is 6.54 Å². The first-order valence-electron chi connectivity index (χ1n) is 7.26. The molecule has 0 unspecified atom stereocenters. The van der Waals surface area contributed by atoms with Crippen molar-refractivity contribution >= 4 is 11.9 Å². The van der Waals surface area contributed by atoms with E-state index in [1.54, 1.807) is 30.3 Å². The Morgan fingerprint density at radius 3 is 2.32 bits per heavy atom. The summed E-state index contributed by atoms with van der Waals surface area (Å²) in [5.41, 5.74) is -0.316. The van der Waals surface area contributed by atoms with Crippen LogP contribution in [0.15, 0.2) is 30.3 Å². The number of rotatable bonds is 7. The quantitative estimate of drug-likeness (QED) is 0.842. The molecule has 1 saturated carbocycles. The summed E-state index contributed by atoms with van der Waals surface area (Å²) in [6, 6.07) is 8.84. The van der Waals surface area contributed by atoms with Crippen LogP contribution in [0.1, 0.15) is 31.2 Å². The fourth-order valence-electron chi connectivity index (χ4n) is 2.70. The van der Waals surface area contributed by atoms with E-state index in [1.807, 2.05) is 0 Å². The molecule has 0 aliphatic heterocycles. The minimum atomic E-state index is -2.64. The zero-order valence-corrected chi connectivity index (χ0v) is 12.2. The molecule has 0 heterocycles. The van der Waals surface area contributed by atoms with Gasteiger partial charge in [0.15, 0.2) is 0 Å². The van der Waals surface area contributed by atoms with Gasteiger partial charge in [-0.15, -0.1) is 0 Å². The van der Waals surface area contributed by atoms with Crippen molar-refractivity contribution in [2.24, 2.45) is 5.41 Å². The molecule has 1 fully saturated rings. The number of hydrogen-bond acceptors (Lipinski definition) is 2. The number of carbonyl (C=O) groups excluding carboxylic acids is 1. The first kappa shape index (κ1) is 16.4. The van der Waals surface area contributed by atoms with Gasteiger partial charge in [0.1, 0.15) is 0 Å². The number of hydrogen-bond donors (Lipinski definition) is 1. The van der Waals surface area contributed by atoms with Crippen LogP contribution in [0.4, 0.5) is 8.78 Å². The predicted octanol–water partition coefficient (Wildman–Crippen LogP) is 2.93. The second-order valence-electron chi connectivity index (χ2n) is 5.77. The van der Waals surface area contributed by atoms with Crippen LogP contribution in [-0.2, 0) is 16.1 Å². The van der Waals surface area contributed by atoms with Crippen LogP contribution in [0, 0.1) is 5.41 Å². The first-order valence-corrected chi connectivity index (χ1v) is 7.26. The zero-order valence-electron chi connectivity index (χ0n) is 12.2. The maximum absolute atomic E-state index is 12.7. The van der Waals surface area contributed by atoms with Crippen molar-refractivity contribution < 1.29 is 23.5 Å². The number of nitrogens with zero attached hydrogens (tertiary/aromatic N) is 1. The highest BCUT2D eigenvalue weighted by molar-refractivity contribution is 5.85. The lowest BCUT2D eigenvalue weighted by Gasteiger charge is -2.38. The van der Waals surface area contributed by atoms with Crippen molar-refractivity contribution in [1.82, 2.24) is 4.90 Å². The fourth-order valence-corrected chi connectivity index (χ4v) is 2.70. The third-order valence-electron chi connectivity index (χ3n) is 4.18. The van der Waals surface area contributed by atoms with E-state index in [9.17, 15) is 23.5 Å². The Kier molecular flexibility index (Phi) is 5.11. The number of aliphatic carboxylic acids is 1. The monoisotopic (exact) mass is 311 g/mol. The van der Waals surface area contributed by atoms with E-state index >= 15 is 0 Å². The third kappa shape index (κ3) is 3.81. The first-order chi connectivity index (χ1) is 10.4. The molecule has 1 aliphatic carbocycles. The van der Waals surface area contributed by atoms with Gasteiger partial charge in [-0.2, -0.15) is 0 Å². The van der Waals surface area contributed by atoms with Gasteiger partial charge >= 0.3 is 5.97 Å². The van der Waals surface area contributed by atoms with Crippen LogP contribution in [0.2, 0.25) is 0 Å². The maximum Gasteiger partial charge on any atom is 0.310 e. The molecule has 0 bridgehead atoms. The van der Waals surface area contributed by atoms with Crippen molar-refractivity contribution in [2.45, 2.75) is 38.7 Å². The Hall–Kier alpha value is -1.98. The summed E-state index contributed by atoms with van der Waals surface area (Å²) in [4.78, 5) is 24.7. The van der Waals surface area contributed by atoms with Gasteiger partial charge in [-0.3, -0.25) is 9.59 Å². The van der Waals surface area contributed by atoms with Crippen molar-refractivity contribution in [1.29, 1.82) is 0 Å². The van der Waals surface area contributed by atoms with Crippen LogP contribution < -0.4 is 0 Å². The molecule has 1 amide bonds. The minimum Gasteiger partial charge on any atom is -0.481 e. The van der Waals surface area contributed by atoms with Gasteiger partial charge in [-0.1, -0.05) is 36.8 Å². The highest BCUT2D eigenvalue weighted by atomic mass is 19.3. The molecular weight excluding hydrogens is 292 g/mol. The number of carboxylic acid groups (broad SMARTS) is 1. The molecule has 0 spiro atoms. The summed E-state index contributed by atoms with van der Waals surface area (Å²) in [6.07, 6.45) is -1.23. The van der Waals surface area contributed by atoms with E-state index in [2.05, 4.69) is 0 Å². The zero-order chi connectivity index (χ0) is 16.2. The van der Waals surface area contributed by atoms with Gasteiger partial charge in [0, 0.05) is 13.0 Å². The molecular formula is C16H19F2NO3. The van der Waals surface area contributed by atoms with Gasteiger partial charge in [-0.25, -0.2) is 8.78 Å². The lowest BCUT2D eigenvalue weighted by molar-refractivity contribution is -0.160. The summed E-state index contributed by atoms with van der Waals surface area (Å²) >= 11 is 0. The number of carboxylic acids is 1. The van der Waals surface area contributed by atoms with Crippen molar-refractivity contribution in [3.63, 3.8) is 0 Å². The molecule has 4 nitrogen and oxygen atoms in total. The van der Waals surface area contributed by atoms with Gasteiger partial charge in [0.05, 0.1) is 12.0 Å². The Morgan fingerprint density at radius 1 is 1.23 bits per heavy atom. The molecule has 2 rings (SSSR count). The van der Waals surface area contributed by atoms with Crippen molar-refractivity contribution in [3.8, 4) is 0 Å². The molecule has 1 aromatic carbocycles. The van der Waals surface area contributed by atoms with Crippen LogP contribution in [0.25, 0.3) is 0 Å². The van der Waals surface area contributed by atoms with Crippen LogP contribution in [-0.4, -0.2) is 34.9 Å². The molecule has 1 aliphatic rings. The van der Waals surface area contributed by atoms with Gasteiger partial charge in [-0.05, 0) is 18.4 Å². The van der Waals surface area contributed by atoms with Gasteiger partial charge in [0.25, 0.3) is 6.43 Å². The average molecular weight is 311 g/mol. The van der Waals surface area contributed by atoms with E-state index in [-0.39, 0.29) is 13.0 Å². The summed E-state index contributed by atoms with van der Waals surface area (Å²) in [5, 5.41) is 9.27. The van der Waals surface area contributed by atoms with Crippen LogP contribution in [0.3, 0.4) is 0 Å². The van der Waals surface area contributed by atoms with E-state index in [0.717, 1.165) is 16.9 Å². The smallest absolute Gasteiger partial charge is 0.310 e. The standard InChI is InChI=1S/C16H19F2NO3/c17-13(18)11-19(10-12-5-2-1-3-6-12)14(20)9-16(15(21)22)7-4-8-16/h1-3,5-6,13H,4,7-11H2,(H,21,22). The second-order valence-corrected chi connectivity index (χ2v) is 5.77. The summed E-state index contributed by atoms with van der Waals surface area (Å²) < 4.78 is 25.5. The average Bonchev–Trinajstić information content (AvgIpc) is 2.42. The molecule has 0 aromatic heterocycles. The Labute approximate surface area is 127 Å². The van der Waals surface area contributed by atoms with Gasteiger partial charge in [0.2, 0.25) is 5.91 Å². The lowest BCUT2D eigenvalue weighted by Crippen LogP contribution is -2.44. The molecule has 1 aromatic rings. The fraction of sp³-hybridized carbons (Fsp3) is 0.500. The van der Waals surface area contributed by atoms with Crippen molar-refractivity contribution in [3.05, 3.63) is 35.9 Å². The Morgan fingerprint density at radius 2 is 1.86 bits per heavy atom. The topological polar surface area (TPSA) is 57.6 Å². The maximum atomic E-state index is 12.7. The predicted molar refractivity (Wildman–Crippen MR) is 76.4 cm³/mol. The third-order valence-corrected chi connectivity index (χ3v) is 4.18. The highest BCUT2D eigenvalue weighted by Crippen LogP contribution is 2.44. The summed E-state index contributed by atoms with van der Waals surface area (Å²) in [6.45, 7) is -0.608. The number of alkyl halides is 2. The van der Waals surface area contributed by atoms with E-state index in [1.165, 1.54) is 0 Å². The number of amides is 1. The molecule has 120 valence electrons. The van der Waals surface area contributed by atoms with Crippen LogP contribution in [0.5, 0.6) is 0 Å². The number of benzene rings is 1. The normalized spacial score (nSPS) is 16.1. The SMILES string of the molecule is O=C(CC1(C(=O)O)CCC1)N(Cc1ccccc1)CC(F)F. The highest BCUT2D eigenvalue weighted by Gasteiger charge is 2.46.